The number of carbonyl (C=O) groups excluding carboxylic acids is 1. The maximum Gasteiger partial charge on any atom is 0.271 e. The van der Waals surface area contributed by atoms with E-state index in [4.69, 9.17) is 4.74 Å². The summed E-state index contributed by atoms with van der Waals surface area (Å²) in [5.41, 5.74) is 0.304. The molecule has 1 aromatic carbocycles. The highest BCUT2D eigenvalue weighted by Crippen LogP contribution is 2.15. The number of rotatable bonds is 6. The Morgan fingerprint density at radius 1 is 1.30 bits per heavy atom. The smallest absolute Gasteiger partial charge is 0.271 e. The highest BCUT2D eigenvalue weighted by molar-refractivity contribution is 5.92. The SMILES string of the molecule is O=C(NCCCOc1ccccc1F)c1cn2cccnc2n1. The largest absolute Gasteiger partial charge is 0.490 e. The van der Waals surface area contributed by atoms with Crippen LogP contribution in [0.15, 0.2) is 48.9 Å². The number of benzene rings is 1. The molecule has 3 aromatic rings. The van der Waals surface area contributed by atoms with Crippen LogP contribution in [0, 0.1) is 5.82 Å². The highest BCUT2D eigenvalue weighted by Gasteiger charge is 2.10. The van der Waals surface area contributed by atoms with Gasteiger partial charge in [0.25, 0.3) is 5.91 Å². The van der Waals surface area contributed by atoms with E-state index >= 15 is 0 Å². The van der Waals surface area contributed by atoms with Crippen molar-refractivity contribution in [2.45, 2.75) is 6.42 Å². The third-order valence-corrected chi connectivity index (χ3v) is 3.17. The standard InChI is InChI=1S/C16H15FN4O2/c17-12-5-1-2-6-14(12)23-10-4-8-18-15(22)13-11-21-9-3-7-19-16(21)20-13/h1-3,5-7,9,11H,4,8,10H2,(H,18,22). The van der Waals surface area contributed by atoms with Crippen LogP contribution in [-0.4, -0.2) is 33.4 Å². The summed E-state index contributed by atoms with van der Waals surface area (Å²) in [5, 5.41) is 2.74. The lowest BCUT2D eigenvalue weighted by Gasteiger charge is -2.07. The predicted octanol–water partition coefficient (Wildman–Crippen LogP) is 2.07. The molecule has 0 aliphatic heterocycles. The van der Waals surface area contributed by atoms with Gasteiger partial charge in [-0.3, -0.25) is 9.20 Å². The number of nitrogens with zero attached hydrogens (tertiary/aromatic N) is 3. The summed E-state index contributed by atoms with van der Waals surface area (Å²) < 4.78 is 20.3. The number of nitrogens with one attached hydrogen (secondary N) is 1. The Balaban J connectivity index is 1.45. The Morgan fingerprint density at radius 3 is 3.00 bits per heavy atom. The van der Waals surface area contributed by atoms with Gasteiger partial charge in [-0.2, -0.15) is 0 Å². The molecule has 3 rings (SSSR count). The lowest BCUT2D eigenvalue weighted by atomic mass is 10.3. The minimum absolute atomic E-state index is 0.213. The number of ether oxygens (including phenoxy) is 1. The van der Waals surface area contributed by atoms with E-state index in [-0.39, 0.29) is 11.7 Å². The zero-order valence-electron chi connectivity index (χ0n) is 12.3. The van der Waals surface area contributed by atoms with Gasteiger partial charge < -0.3 is 10.1 Å². The first kappa shape index (κ1) is 15.0. The van der Waals surface area contributed by atoms with Crippen molar-refractivity contribution in [2.24, 2.45) is 0 Å². The van der Waals surface area contributed by atoms with Gasteiger partial charge in [-0.25, -0.2) is 14.4 Å². The van der Waals surface area contributed by atoms with Gasteiger partial charge in [-0.1, -0.05) is 12.1 Å². The van der Waals surface area contributed by atoms with Crippen LogP contribution in [0.25, 0.3) is 5.78 Å². The van der Waals surface area contributed by atoms with Crippen LogP contribution in [0.5, 0.6) is 5.75 Å². The first-order chi connectivity index (χ1) is 11.2. The number of para-hydroxylation sites is 1. The molecule has 118 valence electrons. The summed E-state index contributed by atoms with van der Waals surface area (Å²) in [4.78, 5) is 20.2. The van der Waals surface area contributed by atoms with Crippen LogP contribution < -0.4 is 10.1 Å². The van der Waals surface area contributed by atoms with Crippen LogP contribution in [0.4, 0.5) is 4.39 Å². The lowest BCUT2D eigenvalue weighted by Crippen LogP contribution is -2.25. The summed E-state index contributed by atoms with van der Waals surface area (Å²) >= 11 is 0. The normalized spacial score (nSPS) is 10.7. The Kier molecular flexibility index (Phi) is 4.46. The number of hydrogen-bond acceptors (Lipinski definition) is 4. The van der Waals surface area contributed by atoms with Crippen molar-refractivity contribution in [3.63, 3.8) is 0 Å². The molecule has 0 spiro atoms. The van der Waals surface area contributed by atoms with Crippen molar-refractivity contribution in [3.8, 4) is 5.75 Å². The van der Waals surface area contributed by atoms with Crippen molar-refractivity contribution in [2.75, 3.05) is 13.2 Å². The fourth-order valence-electron chi connectivity index (χ4n) is 2.05. The molecule has 2 aromatic heterocycles. The molecule has 1 N–H and O–H groups in total. The van der Waals surface area contributed by atoms with E-state index < -0.39 is 5.82 Å². The van der Waals surface area contributed by atoms with Crippen LogP contribution in [0.1, 0.15) is 16.9 Å². The monoisotopic (exact) mass is 314 g/mol. The van der Waals surface area contributed by atoms with E-state index in [1.807, 2.05) is 0 Å². The Labute approximate surface area is 131 Å². The van der Waals surface area contributed by atoms with Gasteiger partial charge in [0.15, 0.2) is 11.6 Å². The zero-order chi connectivity index (χ0) is 16.1. The second-order valence-electron chi connectivity index (χ2n) is 4.84. The molecule has 0 atom stereocenters. The van der Waals surface area contributed by atoms with Gasteiger partial charge in [-0.05, 0) is 24.6 Å². The molecule has 0 fully saturated rings. The summed E-state index contributed by atoms with van der Waals surface area (Å²) in [5.74, 6) is 0.0147. The van der Waals surface area contributed by atoms with Crippen LogP contribution in [-0.2, 0) is 0 Å². The topological polar surface area (TPSA) is 68.5 Å². The number of imidazole rings is 1. The second-order valence-corrected chi connectivity index (χ2v) is 4.84. The molecular weight excluding hydrogens is 299 g/mol. The molecule has 0 saturated carbocycles. The summed E-state index contributed by atoms with van der Waals surface area (Å²) in [6.45, 7) is 0.725. The second kappa shape index (κ2) is 6.87. The molecule has 0 unspecified atom stereocenters. The summed E-state index contributed by atoms with van der Waals surface area (Å²) in [6, 6.07) is 7.98. The fraction of sp³-hybridized carbons (Fsp3) is 0.188. The van der Waals surface area contributed by atoms with E-state index in [9.17, 15) is 9.18 Å². The van der Waals surface area contributed by atoms with Crippen molar-refractivity contribution < 1.29 is 13.9 Å². The van der Waals surface area contributed by atoms with Crippen molar-refractivity contribution in [1.82, 2.24) is 19.7 Å². The van der Waals surface area contributed by atoms with Gasteiger partial charge in [0.05, 0.1) is 6.61 Å². The molecule has 0 aliphatic carbocycles. The maximum atomic E-state index is 13.3. The van der Waals surface area contributed by atoms with Gasteiger partial charge in [0.1, 0.15) is 5.69 Å². The molecule has 1 amide bonds. The quantitative estimate of drug-likeness (QED) is 0.707. The number of amides is 1. The van der Waals surface area contributed by atoms with E-state index in [1.165, 1.54) is 6.07 Å². The molecule has 0 bridgehead atoms. The van der Waals surface area contributed by atoms with Gasteiger partial charge in [-0.15, -0.1) is 0 Å². The molecule has 6 nitrogen and oxygen atoms in total. The predicted molar refractivity (Wildman–Crippen MR) is 81.8 cm³/mol. The van der Waals surface area contributed by atoms with E-state index in [0.29, 0.717) is 31.0 Å². The fourth-order valence-corrected chi connectivity index (χ4v) is 2.05. The van der Waals surface area contributed by atoms with E-state index in [0.717, 1.165) is 0 Å². The van der Waals surface area contributed by atoms with Crippen LogP contribution in [0.3, 0.4) is 0 Å². The van der Waals surface area contributed by atoms with Gasteiger partial charge in [0.2, 0.25) is 5.78 Å². The van der Waals surface area contributed by atoms with Crippen LogP contribution in [0.2, 0.25) is 0 Å². The number of aromatic nitrogens is 3. The highest BCUT2D eigenvalue weighted by atomic mass is 19.1. The average molecular weight is 314 g/mol. The van der Waals surface area contributed by atoms with E-state index in [1.54, 1.807) is 47.3 Å². The van der Waals surface area contributed by atoms with Gasteiger partial charge in [0, 0.05) is 25.1 Å². The average Bonchev–Trinajstić information content (AvgIpc) is 3.00. The van der Waals surface area contributed by atoms with Crippen LogP contribution >= 0.6 is 0 Å². The first-order valence-electron chi connectivity index (χ1n) is 7.19. The molecule has 0 saturated heterocycles. The van der Waals surface area contributed by atoms with Crippen molar-refractivity contribution >= 4 is 11.7 Å². The molecule has 0 aliphatic rings. The van der Waals surface area contributed by atoms with Crippen molar-refractivity contribution in [3.05, 3.63) is 60.4 Å². The zero-order valence-corrected chi connectivity index (χ0v) is 12.3. The third-order valence-electron chi connectivity index (χ3n) is 3.17. The molecule has 2 heterocycles. The summed E-state index contributed by atoms with van der Waals surface area (Å²) in [6.07, 6.45) is 5.57. The number of fused-ring (bicyclic) bond motifs is 1. The Morgan fingerprint density at radius 2 is 2.17 bits per heavy atom. The number of carbonyl (C=O) groups is 1. The maximum absolute atomic E-state index is 13.3. The number of halogens is 1. The number of hydrogen-bond donors (Lipinski definition) is 1. The molecule has 23 heavy (non-hydrogen) atoms. The molecule has 7 heteroatoms. The molecule has 0 radical (unpaired) electrons. The minimum Gasteiger partial charge on any atom is -0.490 e. The third kappa shape index (κ3) is 3.63. The van der Waals surface area contributed by atoms with Gasteiger partial charge >= 0.3 is 0 Å². The Hall–Kier alpha value is -2.96. The summed E-state index contributed by atoms with van der Waals surface area (Å²) in [7, 11) is 0. The van der Waals surface area contributed by atoms with E-state index in [2.05, 4.69) is 15.3 Å². The van der Waals surface area contributed by atoms with Crippen molar-refractivity contribution in [1.29, 1.82) is 0 Å². The molecular formula is C16H15FN4O2. The Bertz CT molecular complexity index is 785. The first-order valence-corrected chi connectivity index (χ1v) is 7.19. The minimum atomic E-state index is -0.395. The lowest BCUT2D eigenvalue weighted by molar-refractivity contribution is 0.0947.